The first kappa shape index (κ1) is 21.5. The van der Waals surface area contributed by atoms with Crippen molar-refractivity contribution in [2.75, 3.05) is 18.0 Å². The number of hydrogen-bond acceptors (Lipinski definition) is 4. The summed E-state index contributed by atoms with van der Waals surface area (Å²) in [6, 6.07) is 20.7. The van der Waals surface area contributed by atoms with Gasteiger partial charge >= 0.3 is 6.03 Å². The van der Waals surface area contributed by atoms with Gasteiger partial charge in [-0.15, -0.1) is 11.8 Å². The fourth-order valence-electron chi connectivity index (χ4n) is 4.65. The number of amides is 4. The maximum Gasteiger partial charge on any atom is 0.325 e. The minimum absolute atomic E-state index is 0.261. The van der Waals surface area contributed by atoms with E-state index in [-0.39, 0.29) is 12.5 Å². The van der Waals surface area contributed by atoms with Crippen LogP contribution in [0.15, 0.2) is 71.6 Å². The van der Waals surface area contributed by atoms with Crippen molar-refractivity contribution in [2.24, 2.45) is 0 Å². The van der Waals surface area contributed by atoms with Gasteiger partial charge in [0.1, 0.15) is 12.1 Å². The van der Waals surface area contributed by atoms with Gasteiger partial charge in [0.2, 0.25) is 5.91 Å². The summed E-state index contributed by atoms with van der Waals surface area (Å²) in [7, 11) is 0. The predicted molar refractivity (Wildman–Crippen MR) is 130 cm³/mol. The SMILES string of the molecule is CC1CCN(C(=O)CN2C(=O)NC(C)(c3cccc4ccccc34)C2=O)c2ccccc2S1. The van der Waals surface area contributed by atoms with E-state index >= 15 is 0 Å². The molecule has 6 nitrogen and oxygen atoms in total. The average molecular weight is 460 g/mol. The van der Waals surface area contributed by atoms with E-state index in [1.807, 2.05) is 66.7 Å². The Morgan fingerprint density at radius 2 is 1.79 bits per heavy atom. The summed E-state index contributed by atoms with van der Waals surface area (Å²) < 4.78 is 0. The second-order valence-corrected chi connectivity index (χ2v) is 10.2. The molecule has 0 bridgehead atoms. The zero-order valence-electron chi connectivity index (χ0n) is 18.6. The number of anilines is 1. The Morgan fingerprint density at radius 1 is 1.06 bits per heavy atom. The number of nitrogens with one attached hydrogen (secondary N) is 1. The van der Waals surface area contributed by atoms with Crippen molar-refractivity contribution in [1.29, 1.82) is 0 Å². The molecule has 0 saturated carbocycles. The molecule has 168 valence electrons. The molecule has 2 aliphatic heterocycles. The van der Waals surface area contributed by atoms with Gasteiger partial charge in [0.25, 0.3) is 5.91 Å². The predicted octanol–water partition coefficient (Wildman–Crippen LogP) is 4.52. The summed E-state index contributed by atoms with van der Waals surface area (Å²) in [4.78, 5) is 43.6. The fraction of sp³-hybridized carbons (Fsp3) is 0.269. The topological polar surface area (TPSA) is 69.7 Å². The van der Waals surface area contributed by atoms with Crippen molar-refractivity contribution >= 4 is 46.1 Å². The minimum atomic E-state index is -1.24. The highest BCUT2D eigenvalue weighted by Gasteiger charge is 2.50. The van der Waals surface area contributed by atoms with Gasteiger partial charge < -0.3 is 10.2 Å². The van der Waals surface area contributed by atoms with Gasteiger partial charge in [-0.2, -0.15) is 0 Å². The summed E-state index contributed by atoms with van der Waals surface area (Å²) in [6.07, 6.45) is 0.832. The normalized spacial score (nSPS) is 22.8. The molecule has 2 aliphatic rings. The van der Waals surface area contributed by atoms with E-state index < -0.39 is 17.5 Å². The summed E-state index contributed by atoms with van der Waals surface area (Å²) in [5.74, 6) is -0.675. The number of imide groups is 1. The van der Waals surface area contributed by atoms with Crippen molar-refractivity contribution in [3.05, 3.63) is 72.3 Å². The lowest BCUT2D eigenvalue weighted by atomic mass is 9.88. The molecule has 2 heterocycles. The van der Waals surface area contributed by atoms with Crippen LogP contribution in [-0.4, -0.2) is 41.1 Å². The Labute approximate surface area is 196 Å². The second-order valence-electron chi connectivity index (χ2n) is 8.70. The number of benzene rings is 3. The van der Waals surface area contributed by atoms with Crippen molar-refractivity contribution in [1.82, 2.24) is 10.2 Å². The monoisotopic (exact) mass is 459 g/mol. The van der Waals surface area contributed by atoms with Crippen LogP contribution in [0.1, 0.15) is 25.8 Å². The Kier molecular flexibility index (Phi) is 5.37. The van der Waals surface area contributed by atoms with Gasteiger partial charge in [0.15, 0.2) is 0 Å². The second kappa shape index (κ2) is 8.23. The van der Waals surface area contributed by atoms with Gasteiger partial charge in [-0.05, 0) is 41.8 Å². The summed E-state index contributed by atoms with van der Waals surface area (Å²) in [5, 5.41) is 5.11. The molecule has 3 aromatic carbocycles. The zero-order chi connectivity index (χ0) is 23.2. The molecular formula is C26H25N3O3S. The molecule has 5 rings (SSSR count). The summed E-state index contributed by atoms with van der Waals surface area (Å²) in [6.45, 7) is 4.11. The highest BCUT2D eigenvalue weighted by Crippen LogP contribution is 2.38. The third kappa shape index (κ3) is 3.66. The lowest BCUT2D eigenvalue weighted by Gasteiger charge is -2.26. The molecule has 33 heavy (non-hydrogen) atoms. The average Bonchev–Trinajstić information content (AvgIpc) is 2.94. The molecule has 1 saturated heterocycles. The quantitative estimate of drug-likeness (QED) is 0.585. The van der Waals surface area contributed by atoms with E-state index in [1.165, 1.54) is 0 Å². The van der Waals surface area contributed by atoms with Crippen molar-refractivity contribution in [3.63, 3.8) is 0 Å². The molecule has 2 unspecified atom stereocenters. The van der Waals surface area contributed by atoms with Crippen LogP contribution < -0.4 is 10.2 Å². The van der Waals surface area contributed by atoms with Gasteiger partial charge in [-0.3, -0.25) is 14.5 Å². The number of hydrogen-bond donors (Lipinski definition) is 1. The van der Waals surface area contributed by atoms with E-state index in [0.717, 1.165) is 38.2 Å². The maximum absolute atomic E-state index is 13.5. The molecule has 1 fully saturated rings. The lowest BCUT2D eigenvalue weighted by Crippen LogP contribution is -2.45. The number of fused-ring (bicyclic) bond motifs is 2. The number of para-hydroxylation sites is 1. The zero-order valence-corrected chi connectivity index (χ0v) is 19.4. The van der Waals surface area contributed by atoms with E-state index in [4.69, 9.17) is 0 Å². The van der Waals surface area contributed by atoms with Gasteiger partial charge in [-0.25, -0.2) is 4.79 Å². The fourth-order valence-corrected chi connectivity index (χ4v) is 5.76. The van der Waals surface area contributed by atoms with Crippen LogP contribution in [0.2, 0.25) is 0 Å². The van der Waals surface area contributed by atoms with Gasteiger partial charge in [-0.1, -0.05) is 61.5 Å². The molecule has 0 spiro atoms. The van der Waals surface area contributed by atoms with Crippen LogP contribution in [0.25, 0.3) is 10.8 Å². The van der Waals surface area contributed by atoms with E-state index in [1.54, 1.807) is 23.6 Å². The van der Waals surface area contributed by atoms with Crippen LogP contribution in [0, 0.1) is 0 Å². The number of carbonyl (C=O) groups is 3. The highest BCUT2D eigenvalue weighted by atomic mass is 32.2. The van der Waals surface area contributed by atoms with Crippen molar-refractivity contribution in [2.45, 2.75) is 36.0 Å². The molecule has 2 atom stereocenters. The Morgan fingerprint density at radius 3 is 2.64 bits per heavy atom. The van der Waals surface area contributed by atoms with Crippen LogP contribution in [0.3, 0.4) is 0 Å². The third-order valence-electron chi connectivity index (χ3n) is 6.44. The molecule has 1 N–H and O–H groups in total. The molecular weight excluding hydrogens is 434 g/mol. The molecule has 0 aromatic heterocycles. The van der Waals surface area contributed by atoms with E-state index in [0.29, 0.717) is 11.8 Å². The van der Waals surface area contributed by atoms with Crippen LogP contribution >= 0.6 is 11.8 Å². The largest absolute Gasteiger partial charge is 0.325 e. The molecule has 7 heteroatoms. The molecule has 4 amide bonds. The third-order valence-corrected chi connectivity index (χ3v) is 7.68. The minimum Gasteiger partial charge on any atom is -0.319 e. The molecule has 0 radical (unpaired) electrons. The number of rotatable bonds is 3. The number of nitrogens with zero attached hydrogens (tertiary/aromatic N) is 2. The lowest BCUT2D eigenvalue weighted by molar-refractivity contribution is -0.134. The van der Waals surface area contributed by atoms with Crippen LogP contribution in [0.4, 0.5) is 10.5 Å². The van der Waals surface area contributed by atoms with Gasteiger partial charge in [0.05, 0.1) is 5.69 Å². The Balaban J connectivity index is 1.44. The van der Waals surface area contributed by atoms with Gasteiger partial charge in [0, 0.05) is 16.7 Å². The van der Waals surface area contributed by atoms with Crippen LogP contribution in [0.5, 0.6) is 0 Å². The molecule has 3 aromatic rings. The van der Waals surface area contributed by atoms with E-state index in [9.17, 15) is 14.4 Å². The smallest absolute Gasteiger partial charge is 0.319 e. The number of thioether (sulfide) groups is 1. The maximum atomic E-state index is 13.5. The Bertz CT molecular complexity index is 1270. The van der Waals surface area contributed by atoms with E-state index in [2.05, 4.69) is 12.2 Å². The van der Waals surface area contributed by atoms with Crippen molar-refractivity contribution in [3.8, 4) is 0 Å². The standard InChI is InChI=1S/C26H25N3O3S/c1-17-14-15-28(21-12-5-6-13-22(21)33-17)23(30)16-29-24(31)26(2,27-25(29)32)20-11-7-9-18-8-3-4-10-19(18)20/h3-13,17H,14-16H2,1-2H3,(H,27,32). The number of carbonyl (C=O) groups excluding carboxylic acids is 3. The molecule has 0 aliphatic carbocycles. The first-order valence-electron chi connectivity index (χ1n) is 11.1. The first-order valence-corrected chi connectivity index (χ1v) is 11.9. The number of urea groups is 1. The highest BCUT2D eigenvalue weighted by molar-refractivity contribution is 8.00. The summed E-state index contributed by atoms with van der Waals surface area (Å²) in [5.41, 5.74) is 0.319. The Hall–Kier alpha value is -3.32. The summed E-state index contributed by atoms with van der Waals surface area (Å²) >= 11 is 1.74. The first-order chi connectivity index (χ1) is 15.9. The van der Waals surface area contributed by atoms with Crippen LogP contribution in [-0.2, 0) is 15.1 Å². The van der Waals surface area contributed by atoms with Crippen molar-refractivity contribution < 1.29 is 14.4 Å².